The maximum atomic E-state index is 4.64. The van der Waals surface area contributed by atoms with E-state index in [9.17, 15) is 0 Å². The van der Waals surface area contributed by atoms with E-state index in [0.29, 0.717) is 6.25 Å². The van der Waals surface area contributed by atoms with Gasteiger partial charge in [0.2, 0.25) is 0 Å². The molecule has 2 unspecified atom stereocenters. The van der Waals surface area contributed by atoms with Crippen molar-refractivity contribution in [1.29, 1.82) is 0 Å². The largest absolute Gasteiger partial charge is 0.130 e. The van der Waals surface area contributed by atoms with Gasteiger partial charge in [-0.2, -0.15) is 0 Å². The molecule has 0 radical (unpaired) electrons. The maximum Gasteiger partial charge on any atom is 0.0108 e. The summed E-state index contributed by atoms with van der Waals surface area (Å²) < 4.78 is 0.821. The number of hydrogen-bond acceptors (Lipinski definition) is 0. The predicted octanol–water partition coefficient (Wildman–Crippen LogP) is 5.31. The molecular formula is C15H21ClZr. The van der Waals surface area contributed by atoms with Gasteiger partial charge in [-0.3, -0.25) is 0 Å². The van der Waals surface area contributed by atoms with Crippen molar-refractivity contribution in [2.45, 2.75) is 33.9 Å². The SMILES string of the molecule is CC1=C[C](C)([Zr][C]2(C)C=CC(C)=C2)C=C1.CCl. The third-order valence-electron chi connectivity index (χ3n) is 2.98. The molecule has 2 aliphatic rings. The molecule has 0 nitrogen and oxygen atoms in total. The molecule has 0 saturated heterocycles. The van der Waals surface area contributed by atoms with Gasteiger partial charge in [-0.25, -0.2) is 0 Å². The third-order valence-corrected chi connectivity index (χ3v) is 7.16. The number of hydrogen-bond donors (Lipinski definition) is 0. The Morgan fingerprint density at radius 3 is 1.47 bits per heavy atom. The van der Waals surface area contributed by atoms with Crippen molar-refractivity contribution in [3.8, 4) is 0 Å². The molecule has 0 spiro atoms. The van der Waals surface area contributed by atoms with Crippen LogP contribution in [0.1, 0.15) is 27.7 Å². The molecule has 0 N–H and O–H groups in total. The molecule has 2 atom stereocenters. The molecule has 0 heterocycles. The molecule has 0 aromatic heterocycles. The van der Waals surface area contributed by atoms with Crippen molar-refractivity contribution in [2.24, 2.45) is 0 Å². The van der Waals surface area contributed by atoms with Gasteiger partial charge in [0.25, 0.3) is 0 Å². The Balaban J connectivity index is 0.000000686. The molecule has 0 aromatic rings. The van der Waals surface area contributed by atoms with Crippen LogP contribution in [-0.2, 0) is 23.2 Å². The van der Waals surface area contributed by atoms with Gasteiger partial charge in [0, 0.05) is 6.38 Å². The molecule has 0 bridgehead atoms. The summed E-state index contributed by atoms with van der Waals surface area (Å²) in [6.07, 6.45) is 15.8. The van der Waals surface area contributed by atoms with E-state index < -0.39 is 23.2 Å². The van der Waals surface area contributed by atoms with Gasteiger partial charge in [0.15, 0.2) is 0 Å². The van der Waals surface area contributed by atoms with Gasteiger partial charge in [-0.1, -0.05) is 0 Å². The standard InChI is InChI=1S/2C7H9.CH3Cl.Zr/c2*1-6-3-4-7(2)5-6;1-2;/h2*3-5H,1-2H3;1H3;. The first kappa shape index (κ1) is 15.2. The molecule has 17 heavy (non-hydrogen) atoms. The third kappa shape index (κ3) is 4.07. The Morgan fingerprint density at radius 2 is 1.24 bits per heavy atom. The number of alkyl halides is 1. The Kier molecular flexibility index (Phi) is 5.23. The smallest absolute Gasteiger partial charge is 0.0108 e. The van der Waals surface area contributed by atoms with E-state index in [1.807, 2.05) is 0 Å². The quantitative estimate of drug-likeness (QED) is 0.603. The molecule has 0 aromatic carbocycles. The monoisotopic (exact) mass is 326 g/mol. The Bertz CT molecular complexity index is 365. The zero-order valence-corrected chi connectivity index (χ0v) is 14.6. The van der Waals surface area contributed by atoms with E-state index in [1.54, 1.807) is 0 Å². The van der Waals surface area contributed by atoms with Crippen molar-refractivity contribution in [3.05, 3.63) is 47.6 Å². The first-order chi connectivity index (χ1) is 7.91. The van der Waals surface area contributed by atoms with E-state index in [0.717, 1.165) is 0 Å². The van der Waals surface area contributed by atoms with Gasteiger partial charge in [-0.15, -0.1) is 11.6 Å². The molecule has 2 rings (SSSR count). The second-order valence-electron chi connectivity index (χ2n) is 5.13. The van der Waals surface area contributed by atoms with Gasteiger partial charge in [-0.05, 0) is 0 Å². The fourth-order valence-corrected chi connectivity index (χ4v) is 7.63. The van der Waals surface area contributed by atoms with E-state index in [4.69, 9.17) is 0 Å². The van der Waals surface area contributed by atoms with Crippen molar-refractivity contribution in [3.63, 3.8) is 0 Å². The molecule has 0 fully saturated rings. The van der Waals surface area contributed by atoms with Crippen molar-refractivity contribution in [1.82, 2.24) is 0 Å². The summed E-state index contributed by atoms with van der Waals surface area (Å²) >= 11 is 4.11. The summed E-state index contributed by atoms with van der Waals surface area (Å²) in [5, 5.41) is 0. The van der Waals surface area contributed by atoms with Crippen LogP contribution in [0.25, 0.3) is 0 Å². The van der Waals surface area contributed by atoms with Crippen LogP contribution in [0.15, 0.2) is 47.6 Å². The zero-order chi connectivity index (χ0) is 13.1. The summed E-state index contributed by atoms with van der Waals surface area (Å²) in [6.45, 7) is 9.20. The Labute approximate surface area is 122 Å². The minimum Gasteiger partial charge on any atom is -0.130 e. The van der Waals surface area contributed by atoms with Gasteiger partial charge in [0.05, 0.1) is 0 Å². The molecule has 2 aliphatic carbocycles. The van der Waals surface area contributed by atoms with Gasteiger partial charge in [0.1, 0.15) is 0 Å². The van der Waals surface area contributed by atoms with E-state index in [-0.39, 0.29) is 0 Å². The van der Waals surface area contributed by atoms with Gasteiger partial charge < -0.3 is 0 Å². The van der Waals surface area contributed by atoms with Crippen molar-refractivity contribution in [2.75, 3.05) is 6.38 Å². The molecule has 0 amide bonds. The fourth-order valence-electron chi connectivity index (χ4n) is 2.48. The van der Waals surface area contributed by atoms with Crippen LogP contribution in [-0.4, -0.2) is 6.38 Å². The van der Waals surface area contributed by atoms with Crippen LogP contribution in [0.4, 0.5) is 0 Å². The Morgan fingerprint density at radius 1 is 0.882 bits per heavy atom. The normalized spacial score (nSPS) is 34.0. The van der Waals surface area contributed by atoms with E-state index >= 15 is 0 Å². The van der Waals surface area contributed by atoms with Crippen LogP contribution < -0.4 is 0 Å². The minimum absolute atomic E-state index is 0.410. The van der Waals surface area contributed by atoms with Crippen molar-refractivity contribution < 1.29 is 23.2 Å². The average Bonchev–Trinajstić information content (AvgIpc) is 2.74. The van der Waals surface area contributed by atoms with Crippen LogP contribution >= 0.6 is 11.6 Å². The average molecular weight is 328 g/mol. The number of rotatable bonds is 2. The van der Waals surface area contributed by atoms with E-state index in [1.165, 1.54) is 17.5 Å². The van der Waals surface area contributed by atoms with Crippen LogP contribution in [0.5, 0.6) is 0 Å². The number of allylic oxidation sites excluding steroid dienone is 8. The summed E-state index contributed by atoms with van der Waals surface area (Å²) in [4.78, 5) is 0. The summed E-state index contributed by atoms with van der Waals surface area (Å²) in [6, 6.07) is 0. The molecule has 0 aliphatic heterocycles. The fraction of sp³-hybridized carbons (Fsp3) is 0.467. The molecular weight excluding hydrogens is 307 g/mol. The molecule has 0 saturated carbocycles. The van der Waals surface area contributed by atoms with Gasteiger partial charge >= 0.3 is 105 Å². The first-order valence-corrected chi connectivity index (χ1v) is 9.07. The van der Waals surface area contributed by atoms with Crippen LogP contribution in [0.2, 0.25) is 6.25 Å². The molecule has 92 valence electrons. The van der Waals surface area contributed by atoms with Crippen LogP contribution in [0, 0.1) is 0 Å². The topological polar surface area (TPSA) is 0 Å². The van der Waals surface area contributed by atoms with Crippen LogP contribution in [0.3, 0.4) is 0 Å². The van der Waals surface area contributed by atoms with Crippen molar-refractivity contribution >= 4 is 11.6 Å². The second-order valence-corrected chi connectivity index (χ2v) is 11.0. The predicted molar refractivity (Wildman–Crippen MR) is 74.3 cm³/mol. The maximum absolute atomic E-state index is 4.64. The first-order valence-electron chi connectivity index (χ1n) is 5.85. The zero-order valence-electron chi connectivity index (χ0n) is 11.3. The number of halogens is 1. The Hall–Kier alpha value is 0.133. The second kappa shape index (κ2) is 5.85. The summed E-state index contributed by atoms with van der Waals surface area (Å²) in [5.41, 5.74) is 2.87. The summed E-state index contributed by atoms with van der Waals surface area (Å²) in [5.74, 6) is 0. The molecule has 2 heteroatoms. The minimum atomic E-state index is -0.529. The summed E-state index contributed by atoms with van der Waals surface area (Å²) in [7, 11) is 0. The van der Waals surface area contributed by atoms with E-state index in [2.05, 4.69) is 75.8 Å².